The molecule has 0 bridgehead atoms. The summed E-state index contributed by atoms with van der Waals surface area (Å²) < 4.78 is 5.46. The summed E-state index contributed by atoms with van der Waals surface area (Å²) >= 11 is 0. The van der Waals surface area contributed by atoms with Crippen LogP contribution >= 0.6 is 0 Å². The quantitative estimate of drug-likeness (QED) is 0.700. The van der Waals surface area contributed by atoms with Crippen molar-refractivity contribution in [1.29, 1.82) is 0 Å². The number of anilines is 1. The van der Waals surface area contributed by atoms with E-state index in [4.69, 9.17) is 4.74 Å². The Morgan fingerprint density at radius 3 is 2.58 bits per heavy atom. The van der Waals surface area contributed by atoms with Crippen LogP contribution < -0.4 is 5.32 Å². The molecule has 7 heteroatoms. The summed E-state index contributed by atoms with van der Waals surface area (Å²) in [7, 11) is 0. The zero-order valence-electron chi connectivity index (χ0n) is 17.5. The summed E-state index contributed by atoms with van der Waals surface area (Å²) in [5, 5.41) is 5.09. The number of benzene rings is 1. The van der Waals surface area contributed by atoms with Gasteiger partial charge >= 0.3 is 0 Å². The lowest BCUT2D eigenvalue weighted by atomic mass is 9.84. The van der Waals surface area contributed by atoms with Crippen LogP contribution in [0, 0.1) is 5.92 Å². The third kappa shape index (κ3) is 4.57. The Morgan fingerprint density at radius 1 is 0.968 bits per heavy atom. The van der Waals surface area contributed by atoms with Crippen LogP contribution in [0.25, 0.3) is 22.0 Å². The second-order valence-electron chi connectivity index (χ2n) is 8.37. The Kier molecular flexibility index (Phi) is 5.86. The molecule has 3 heterocycles. The molecule has 1 saturated heterocycles. The van der Waals surface area contributed by atoms with Crippen LogP contribution in [0.2, 0.25) is 0 Å². The average molecular weight is 418 g/mol. The Labute approximate surface area is 181 Å². The van der Waals surface area contributed by atoms with Crippen molar-refractivity contribution in [1.82, 2.24) is 19.9 Å². The predicted molar refractivity (Wildman–Crippen MR) is 120 cm³/mol. The van der Waals surface area contributed by atoms with Gasteiger partial charge in [-0.3, -0.25) is 19.7 Å². The highest BCUT2D eigenvalue weighted by molar-refractivity contribution is 5.95. The van der Waals surface area contributed by atoms with Crippen molar-refractivity contribution in [2.24, 2.45) is 5.92 Å². The minimum absolute atomic E-state index is 0.0562. The summed E-state index contributed by atoms with van der Waals surface area (Å²) in [4.78, 5) is 28.4. The monoisotopic (exact) mass is 417 g/mol. The Bertz CT molecular complexity index is 1040. The van der Waals surface area contributed by atoms with Crippen molar-refractivity contribution >= 4 is 22.5 Å². The van der Waals surface area contributed by atoms with Gasteiger partial charge < -0.3 is 10.1 Å². The summed E-state index contributed by atoms with van der Waals surface area (Å²) in [5.41, 5.74) is 1.81. The number of carbonyl (C=O) groups excluding carboxylic acids is 1. The molecule has 31 heavy (non-hydrogen) atoms. The number of amides is 1. The molecule has 1 aliphatic carbocycles. The first-order chi connectivity index (χ1) is 15.3. The fourth-order valence-corrected chi connectivity index (χ4v) is 4.69. The first-order valence-electron chi connectivity index (χ1n) is 11.0. The van der Waals surface area contributed by atoms with Gasteiger partial charge in [0, 0.05) is 54.6 Å². The molecule has 160 valence electrons. The summed E-state index contributed by atoms with van der Waals surface area (Å²) in [6.45, 7) is 3.68. The molecule has 2 aromatic heterocycles. The number of rotatable bonds is 4. The second kappa shape index (κ2) is 9.08. The molecule has 5 rings (SSSR count). The van der Waals surface area contributed by atoms with E-state index in [2.05, 4.69) is 31.2 Å². The van der Waals surface area contributed by atoms with Gasteiger partial charge in [-0.25, -0.2) is 4.98 Å². The summed E-state index contributed by atoms with van der Waals surface area (Å²) in [5.74, 6) is 0.738. The number of carbonyl (C=O) groups is 1. The molecule has 1 aliphatic heterocycles. The number of hydrogen-bond acceptors (Lipinski definition) is 6. The topological polar surface area (TPSA) is 80.2 Å². The molecule has 0 radical (unpaired) electrons. The number of nitrogens with zero attached hydrogens (tertiary/aromatic N) is 4. The number of hydrogen-bond donors (Lipinski definition) is 1. The normalized spacial score (nSPS) is 22.3. The molecule has 3 aromatic rings. The van der Waals surface area contributed by atoms with E-state index in [1.54, 1.807) is 24.8 Å². The van der Waals surface area contributed by atoms with E-state index in [0.29, 0.717) is 11.9 Å². The highest BCUT2D eigenvalue weighted by atomic mass is 16.5. The Balaban J connectivity index is 1.24. The standard InChI is InChI=1S/C24H27N5O2/c30-24(17-3-5-21(6-4-17)29-9-11-31-12-10-29)28-23-14-20-13-18(1-2-19(20)15-27-23)22-16-25-7-8-26-22/h1-2,7-8,13-17,21H,3-6,9-12H2,(H,27,28,30). The molecule has 2 aliphatic rings. The average Bonchev–Trinajstić information content (AvgIpc) is 2.85. The molecule has 1 amide bonds. The molecule has 1 N–H and O–H groups in total. The first kappa shape index (κ1) is 20.0. The molecule has 1 aromatic carbocycles. The zero-order chi connectivity index (χ0) is 21.0. The van der Waals surface area contributed by atoms with Gasteiger partial charge in [0.25, 0.3) is 0 Å². The van der Waals surface area contributed by atoms with Crippen LogP contribution in [0.3, 0.4) is 0 Å². The number of fused-ring (bicyclic) bond motifs is 1. The van der Waals surface area contributed by atoms with Crippen LogP contribution in [0.5, 0.6) is 0 Å². The van der Waals surface area contributed by atoms with Gasteiger partial charge in [-0.2, -0.15) is 0 Å². The maximum absolute atomic E-state index is 12.9. The van der Waals surface area contributed by atoms with Gasteiger partial charge in [0.2, 0.25) is 5.91 Å². The minimum Gasteiger partial charge on any atom is -0.379 e. The maximum atomic E-state index is 12.9. The van der Waals surface area contributed by atoms with Gasteiger partial charge in [0.05, 0.1) is 25.1 Å². The van der Waals surface area contributed by atoms with Crippen LogP contribution in [0.4, 0.5) is 5.82 Å². The predicted octanol–water partition coefficient (Wildman–Crippen LogP) is 3.52. The Hall–Kier alpha value is -2.90. The van der Waals surface area contributed by atoms with E-state index in [1.807, 2.05) is 18.2 Å². The fraction of sp³-hybridized carbons (Fsp3) is 0.417. The highest BCUT2D eigenvalue weighted by Gasteiger charge is 2.30. The van der Waals surface area contributed by atoms with Gasteiger partial charge in [0.15, 0.2) is 0 Å². The Morgan fingerprint density at radius 2 is 1.81 bits per heavy atom. The van der Waals surface area contributed by atoms with E-state index in [9.17, 15) is 4.79 Å². The molecule has 2 fully saturated rings. The summed E-state index contributed by atoms with van der Waals surface area (Å²) in [6, 6.07) is 8.62. The number of aromatic nitrogens is 3. The first-order valence-corrected chi connectivity index (χ1v) is 11.0. The van der Waals surface area contributed by atoms with Crippen LogP contribution in [-0.4, -0.2) is 58.1 Å². The van der Waals surface area contributed by atoms with Gasteiger partial charge in [-0.05, 0) is 43.2 Å². The lowest BCUT2D eigenvalue weighted by molar-refractivity contribution is -0.121. The van der Waals surface area contributed by atoms with E-state index in [-0.39, 0.29) is 11.8 Å². The van der Waals surface area contributed by atoms with Crippen molar-refractivity contribution in [2.45, 2.75) is 31.7 Å². The molecule has 1 saturated carbocycles. The van der Waals surface area contributed by atoms with Gasteiger partial charge in [0.1, 0.15) is 5.82 Å². The van der Waals surface area contributed by atoms with Crippen molar-refractivity contribution in [2.75, 3.05) is 31.6 Å². The van der Waals surface area contributed by atoms with Crippen molar-refractivity contribution < 1.29 is 9.53 Å². The van der Waals surface area contributed by atoms with E-state index in [0.717, 1.165) is 74.0 Å². The highest BCUT2D eigenvalue weighted by Crippen LogP contribution is 2.29. The van der Waals surface area contributed by atoms with Crippen LogP contribution in [-0.2, 0) is 9.53 Å². The molecule has 0 atom stereocenters. The lowest BCUT2D eigenvalue weighted by Crippen LogP contribution is -2.45. The third-order valence-corrected chi connectivity index (χ3v) is 6.46. The van der Waals surface area contributed by atoms with Crippen molar-refractivity contribution in [3.8, 4) is 11.3 Å². The lowest BCUT2D eigenvalue weighted by Gasteiger charge is -2.38. The second-order valence-corrected chi connectivity index (χ2v) is 8.37. The molecule has 7 nitrogen and oxygen atoms in total. The molecule has 0 unspecified atom stereocenters. The number of ether oxygens (including phenoxy) is 1. The van der Waals surface area contributed by atoms with Gasteiger partial charge in [-0.15, -0.1) is 0 Å². The number of morpholine rings is 1. The molecular formula is C24H27N5O2. The van der Waals surface area contributed by atoms with Crippen LogP contribution in [0.15, 0.2) is 49.1 Å². The molecule has 0 spiro atoms. The molecular weight excluding hydrogens is 390 g/mol. The summed E-state index contributed by atoms with van der Waals surface area (Å²) in [6.07, 6.45) is 10.9. The van der Waals surface area contributed by atoms with Crippen molar-refractivity contribution in [3.05, 3.63) is 49.1 Å². The minimum atomic E-state index is 0.0562. The third-order valence-electron chi connectivity index (χ3n) is 6.46. The zero-order valence-corrected chi connectivity index (χ0v) is 17.5. The van der Waals surface area contributed by atoms with Crippen LogP contribution in [0.1, 0.15) is 25.7 Å². The SMILES string of the molecule is O=C(Nc1cc2cc(-c3cnccn3)ccc2cn1)C1CCC(N2CCOCC2)CC1. The smallest absolute Gasteiger partial charge is 0.228 e. The largest absolute Gasteiger partial charge is 0.379 e. The fourth-order valence-electron chi connectivity index (χ4n) is 4.69. The number of nitrogens with one attached hydrogen (secondary N) is 1. The number of pyridine rings is 1. The van der Waals surface area contributed by atoms with Crippen molar-refractivity contribution in [3.63, 3.8) is 0 Å². The van der Waals surface area contributed by atoms with E-state index < -0.39 is 0 Å². The van der Waals surface area contributed by atoms with E-state index in [1.165, 1.54) is 0 Å². The van der Waals surface area contributed by atoms with E-state index >= 15 is 0 Å². The van der Waals surface area contributed by atoms with Gasteiger partial charge in [-0.1, -0.05) is 12.1 Å². The maximum Gasteiger partial charge on any atom is 0.228 e.